The van der Waals surface area contributed by atoms with Gasteiger partial charge >= 0.3 is 0 Å². The Morgan fingerprint density at radius 3 is 2.43 bits per heavy atom. The summed E-state index contributed by atoms with van der Waals surface area (Å²) in [5, 5.41) is 3.20. The van der Waals surface area contributed by atoms with E-state index >= 15 is 0 Å². The van der Waals surface area contributed by atoms with E-state index in [9.17, 15) is 0 Å². The molecule has 1 aromatic carbocycles. The van der Waals surface area contributed by atoms with Crippen molar-refractivity contribution in [1.29, 1.82) is 0 Å². The molecule has 3 N–H and O–H groups in total. The molecule has 0 saturated carbocycles. The largest absolute Gasteiger partial charge is 0.376 e. The summed E-state index contributed by atoms with van der Waals surface area (Å²) in [5.41, 5.74) is 7.67. The first kappa shape index (κ1) is 11.0. The van der Waals surface area contributed by atoms with E-state index in [1.54, 1.807) is 0 Å². The minimum absolute atomic E-state index is 0.307. The monoisotopic (exact) mass is 208 g/mol. The van der Waals surface area contributed by atoms with Gasteiger partial charge in [-0.25, -0.2) is 0 Å². The smallest absolute Gasteiger partial charge is 0.168 e. The second-order valence-corrected chi connectivity index (χ2v) is 3.86. The molecule has 1 rings (SSSR count). The van der Waals surface area contributed by atoms with Crippen molar-refractivity contribution in [3.63, 3.8) is 0 Å². The van der Waals surface area contributed by atoms with E-state index in [1.165, 1.54) is 5.56 Å². The minimum Gasteiger partial charge on any atom is -0.376 e. The van der Waals surface area contributed by atoms with Gasteiger partial charge in [0.15, 0.2) is 5.11 Å². The van der Waals surface area contributed by atoms with Crippen molar-refractivity contribution in [2.75, 3.05) is 5.32 Å². The first-order valence-electron chi connectivity index (χ1n) is 4.80. The lowest BCUT2D eigenvalue weighted by molar-refractivity contribution is 0.734. The summed E-state index contributed by atoms with van der Waals surface area (Å²) < 4.78 is 0. The molecule has 14 heavy (non-hydrogen) atoms. The van der Waals surface area contributed by atoms with Crippen LogP contribution < -0.4 is 11.1 Å². The molecule has 0 aromatic heterocycles. The van der Waals surface area contributed by atoms with Crippen LogP contribution in [0.1, 0.15) is 31.7 Å². The zero-order chi connectivity index (χ0) is 10.6. The summed E-state index contributed by atoms with van der Waals surface area (Å²) in [6.45, 7) is 4.40. The molecule has 0 amide bonds. The number of nitrogens with one attached hydrogen (secondary N) is 1. The first-order chi connectivity index (χ1) is 6.63. The van der Waals surface area contributed by atoms with Crippen LogP contribution in [0.5, 0.6) is 0 Å². The molecule has 0 spiro atoms. The fraction of sp³-hybridized carbons (Fsp3) is 0.364. The minimum atomic E-state index is 0.307. The van der Waals surface area contributed by atoms with Crippen molar-refractivity contribution in [2.24, 2.45) is 5.73 Å². The third-order valence-corrected chi connectivity index (χ3v) is 2.46. The molecule has 3 heteroatoms. The van der Waals surface area contributed by atoms with Crippen LogP contribution in [-0.4, -0.2) is 5.11 Å². The molecular weight excluding hydrogens is 192 g/mol. The van der Waals surface area contributed by atoms with E-state index in [-0.39, 0.29) is 0 Å². The number of hydrogen-bond donors (Lipinski definition) is 2. The molecule has 1 aromatic rings. The van der Waals surface area contributed by atoms with Gasteiger partial charge in [-0.15, -0.1) is 0 Å². The molecule has 0 aliphatic carbocycles. The molecule has 0 unspecified atom stereocenters. The van der Waals surface area contributed by atoms with E-state index < -0.39 is 0 Å². The number of nitrogens with two attached hydrogens (primary N) is 1. The highest BCUT2D eigenvalue weighted by Gasteiger charge is 2.01. The van der Waals surface area contributed by atoms with Crippen LogP contribution in [0, 0.1) is 0 Å². The van der Waals surface area contributed by atoms with E-state index in [4.69, 9.17) is 18.0 Å². The van der Waals surface area contributed by atoms with Gasteiger partial charge in [0.1, 0.15) is 0 Å². The maximum atomic E-state index is 5.37. The van der Waals surface area contributed by atoms with Gasteiger partial charge in [-0.1, -0.05) is 26.0 Å². The van der Waals surface area contributed by atoms with Crippen LogP contribution in [-0.2, 0) is 0 Å². The SMILES string of the molecule is CC[C@H](C)c1ccc(NC(N)=S)cc1. The molecular formula is C11H16N2S. The summed E-state index contributed by atoms with van der Waals surface area (Å²) in [6.07, 6.45) is 1.15. The van der Waals surface area contributed by atoms with Gasteiger partial charge in [0.25, 0.3) is 0 Å². The molecule has 0 aliphatic heterocycles. The highest BCUT2D eigenvalue weighted by Crippen LogP contribution is 2.20. The molecule has 0 radical (unpaired) electrons. The highest BCUT2D eigenvalue weighted by molar-refractivity contribution is 7.80. The second-order valence-electron chi connectivity index (χ2n) is 3.42. The summed E-state index contributed by atoms with van der Waals surface area (Å²) >= 11 is 4.75. The van der Waals surface area contributed by atoms with Crippen molar-refractivity contribution in [2.45, 2.75) is 26.2 Å². The Balaban J connectivity index is 2.73. The van der Waals surface area contributed by atoms with Crippen LogP contribution in [0.2, 0.25) is 0 Å². The van der Waals surface area contributed by atoms with E-state index in [0.717, 1.165) is 12.1 Å². The van der Waals surface area contributed by atoms with Gasteiger partial charge < -0.3 is 11.1 Å². The number of rotatable bonds is 3. The van der Waals surface area contributed by atoms with Crippen molar-refractivity contribution in [3.05, 3.63) is 29.8 Å². The summed E-state index contributed by atoms with van der Waals surface area (Å²) in [5.74, 6) is 0.605. The van der Waals surface area contributed by atoms with Crippen molar-refractivity contribution >= 4 is 23.0 Å². The maximum absolute atomic E-state index is 5.37. The maximum Gasteiger partial charge on any atom is 0.168 e. The average Bonchev–Trinajstić information content (AvgIpc) is 2.17. The van der Waals surface area contributed by atoms with Gasteiger partial charge in [-0.3, -0.25) is 0 Å². The zero-order valence-electron chi connectivity index (χ0n) is 8.58. The molecule has 2 nitrogen and oxygen atoms in total. The Labute approximate surface area is 90.5 Å². The Bertz CT molecular complexity index is 306. The van der Waals surface area contributed by atoms with Crippen LogP contribution >= 0.6 is 12.2 Å². The fourth-order valence-corrected chi connectivity index (χ4v) is 1.39. The van der Waals surface area contributed by atoms with Crippen molar-refractivity contribution < 1.29 is 0 Å². The molecule has 0 bridgehead atoms. The van der Waals surface area contributed by atoms with Crippen LogP contribution in [0.3, 0.4) is 0 Å². The number of thiocarbonyl (C=S) groups is 1. The van der Waals surface area contributed by atoms with Gasteiger partial charge in [0.2, 0.25) is 0 Å². The third-order valence-electron chi connectivity index (χ3n) is 2.36. The van der Waals surface area contributed by atoms with E-state index in [2.05, 4.69) is 31.3 Å². The van der Waals surface area contributed by atoms with Gasteiger partial charge in [-0.05, 0) is 42.3 Å². The molecule has 0 fully saturated rings. The normalized spacial score (nSPS) is 12.1. The lowest BCUT2D eigenvalue weighted by Gasteiger charge is -2.10. The van der Waals surface area contributed by atoms with Gasteiger partial charge in [0.05, 0.1) is 0 Å². The quantitative estimate of drug-likeness (QED) is 0.750. The predicted molar refractivity (Wildman–Crippen MR) is 65.6 cm³/mol. The lowest BCUT2D eigenvalue weighted by Crippen LogP contribution is -2.18. The lowest BCUT2D eigenvalue weighted by atomic mass is 9.99. The second kappa shape index (κ2) is 4.96. The first-order valence-corrected chi connectivity index (χ1v) is 5.20. The average molecular weight is 208 g/mol. The molecule has 0 heterocycles. The highest BCUT2D eigenvalue weighted by atomic mass is 32.1. The van der Waals surface area contributed by atoms with Crippen molar-refractivity contribution in [1.82, 2.24) is 0 Å². The number of benzene rings is 1. The van der Waals surface area contributed by atoms with E-state index in [0.29, 0.717) is 11.0 Å². The van der Waals surface area contributed by atoms with Crippen molar-refractivity contribution in [3.8, 4) is 0 Å². The Morgan fingerprint density at radius 1 is 1.43 bits per heavy atom. The number of anilines is 1. The Kier molecular flexibility index (Phi) is 3.89. The van der Waals surface area contributed by atoms with Crippen LogP contribution in [0.15, 0.2) is 24.3 Å². The number of hydrogen-bond acceptors (Lipinski definition) is 1. The van der Waals surface area contributed by atoms with Gasteiger partial charge in [0, 0.05) is 5.69 Å². The standard InChI is InChI=1S/C11H16N2S/c1-3-8(2)9-4-6-10(7-5-9)13-11(12)14/h4-8H,3H2,1-2H3,(H3,12,13,14)/t8-/m0/s1. The molecule has 1 atom stereocenters. The summed E-state index contributed by atoms with van der Waals surface area (Å²) in [4.78, 5) is 0. The Morgan fingerprint density at radius 2 is 2.00 bits per heavy atom. The Hall–Kier alpha value is -1.09. The third kappa shape index (κ3) is 3.00. The summed E-state index contributed by atoms with van der Waals surface area (Å²) in [6, 6.07) is 8.21. The van der Waals surface area contributed by atoms with Crippen LogP contribution in [0.4, 0.5) is 5.69 Å². The summed E-state index contributed by atoms with van der Waals surface area (Å²) in [7, 11) is 0. The van der Waals surface area contributed by atoms with Gasteiger partial charge in [-0.2, -0.15) is 0 Å². The fourth-order valence-electron chi connectivity index (χ4n) is 1.27. The topological polar surface area (TPSA) is 38.0 Å². The van der Waals surface area contributed by atoms with Crippen LogP contribution in [0.25, 0.3) is 0 Å². The molecule has 76 valence electrons. The molecule has 0 aliphatic rings. The molecule has 0 saturated heterocycles. The van der Waals surface area contributed by atoms with E-state index in [1.807, 2.05) is 12.1 Å². The predicted octanol–water partition coefficient (Wildman–Crippen LogP) is 2.86. The zero-order valence-corrected chi connectivity index (χ0v) is 9.40.